The number of hydrogen-bond donors (Lipinski definition) is 2. The molecule has 0 unspecified atom stereocenters. The van der Waals surface area contributed by atoms with Crippen LogP contribution in [0.3, 0.4) is 0 Å². The van der Waals surface area contributed by atoms with Crippen LogP contribution in [-0.2, 0) is 0 Å². The Bertz CT molecular complexity index is 691. The Morgan fingerprint density at radius 2 is 0.905 bits per heavy atom. The fourth-order valence-electron chi connectivity index (χ4n) is 9.50. The third kappa shape index (κ3) is 13.3. The van der Waals surface area contributed by atoms with Crippen LogP contribution >= 0.6 is 0 Å². The molecule has 0 aromatic carbocycles. The SMILES string of the molecule is C[C@H](CCC[C@@H](C)C/C=C/C[C@H](C)CCC[C@@H](C)CC[C@@H]1[C@@H](C)C[C@@H](O)CC1(C)C)CC[C@@H]1[C@@H](C)C[C@@H](O)CC1(C)C. The van der Waals surface area contributed by atoms with Crippen molar-refractivity contribution in [1.82, 2.24) is 0 Å². The first-order chi connectivity index (χ1) is 19.6. The molecule has 0 amide bonds. The maximum absolute atomic E-state index is 10.2. The van der Waals surface area contributed by atoms with E-state index in [0.29, 0.717) is 11.8 Å². The topological polar surface area (TPSA) is 40.5 Å². The summed E-state index contributed by atoms with van der Waals surface area (Å²) >= 11 is 0. The molecule has 0 spiro atoms. The smallest absolute Gasteiger partial charge is 0.0548 e. The summed E-state index contributed by atoms with van der Waals surface area (Å²) < 4.78 is 0. The summed E-state index contributed by atoms with van der Waals surface area (Å²) in [6, 6.07) is 0. The summed E-state index contributed by atoms with van der Waals surface area (Å²) in [5.41, 5.74) is 0.565. The Morgan fingerprint density at radius 3 is 1.24 bits per heavy atom. The fraction of sp³-hybridized carbons (Fsp3) is 0.950. The number of allylic oxidation sites excluding steroid dienone is 2. The third-order valence-corrected chi connectivity index (χ3v) is 12.2. The zero-order valence-electron chi connectivity index (χ0n) is 30.1. The van der Waals surface area contributed by atoms with Crippen LogP contribution in [0.4, 0.5) is 0 Å². The Hall–Kier alpha value is -0.340. The zero-order valence-corrected chi connectivity index (χ0v) is 30.1. The summed E-state index contributed by atoms with van der Waals surface area (Å²) in [4.78, 5) is 0. The van der Waals surface area contributed by atoms with Crippen LogP contribution in [0.1, 0.15) is 172 Å². The molecule has 2 fully saturated rings. The lowest BCUT2D eigenvalue weighted by Crippen LogP contribution is -2.40. The first-order valence-electron chi connectivity index (χ1n) is 18.6. The van der Waals surface area contributed by atoms with Crippen LogP contribution in [0, 0.1) is 58.2 Å². The highest BCUT2D eigenvalue weighted by molar-refractivity contribution is 4.91. The molecule has 2 heteroatoms. The van der Waals surface area contributed by atoms with Crippen molar-refractivity contribution in [2.24, 2.45) is 58.2 Å². The molecule has 2 rings (SSSR count). The molecular formula is C40H76O2. The van der Waals surface area contributed by atoms with E-state index in [-0.39, 0.29) is 23.0 Å². The molecule has 248 valence electrons. The molecular weight excluding hydrogens is 512 g/mol. The molecule has 0 aromatic rings. The molecule has 0 heterocycles. The van der Waals surface area contributed by atoms with Crippen molar-refractivity contribution in [3.63, 3.8) is 0 Å². The van der Waals surface area contributed by atoms with Gasteiger partial charge in [-0.3, -0.25) is 0 Å². The maximum Gasteiger partial charge on any atom is 0.0548 e. The minimum absolute atomic E-state index is 0.0904. The normalized spacial score (nSPS) is 32.5. The molecule has 42 heavy (non-hydrogen) atoms. The van der Waals surface area contributed by atoms with E-state index < -0.39 is 0 Å². The summed E-state index contributed by atoms with van der Waals surface area (Å²) in [6.45, 7) is 24.1. The molecule has 0 bridgehead atoms. The zero-order chi connectivity index (χ0) is 31.5. The summed E-state index contributed by atoms with van der Waals surface area (Å²) in [6.07, 6.45) is 24.7. The average Bonchev–Trinajstić information content (AvgIpc) is 2.84. The van der Waals surface area contributed by atoms with Crippen molar-refractivity contribution in [3.05, 3.63) is 12.2 Å². The van der Waals surface area contributed by atoms with Gasteiger partial charge in [0, 0.05) is 0 Å². The van der Waals surface area contributed by atoms with E-state index in [0.717, 1.165) is 61.2 Å². The van der Waals surface area contributed by atoms with Gasteiger partial charge < -0.3 is 10.2 Å². The molecule has 10 atom stereocenters. The van der Waals surface area contributed by atoms with Crippen LogP contribution in [0.15, 0.2) is 12.2 Å². The second-order valence-electron chi connectivity index (χ2n) is 17.7. The van der Waals surface area contributed by atoms with E-state index in [4.69, 9.17) is 0 Å². The monoisotopic (exact) mass is 589 g/mol. The van der Waals surface area contributed by atoms with Gasteiger partial charge >= 0.3 is 0 Å². The minimum atomic E-state index is -0.0904. The van der Waals surface area contributed by atoms with Gasteiger partial charge in [-0.05, 0) is 110 Å². The van der Waals surface area contributed by atoms with Gasteiger partial charge in [0.1, 0.15) is 0 Å². The Labute approximate surface area is 264 Å². The van der Waals surface area contributed by atoms with Crippen LogP contribution in [0.5, 0.6) is 0 Å². The Morgan fingerprint density at radius 1 is 0.571 bits per heavy atom. The summed E-state index contributed by atoms with van der Waals surface area (Å²) in [5, 5.41) is 20.4. The number of aliphatic hydroxyl groups excluding tert-OH is 2. The maximum atomic E-state index is 10.2. The Balaban J connectivity index is 1.52. The van der Waals surface area contributed by atoms with Gasteiger partial charge in [-0.25, -0.2) is 0 Å². The molecule has 2 aliphatic carbocycles. The van der Waals surface area contributed by atoms with Crippen molar-refractivity contribution < 1.29 is 10.2 Å². The molecule has 2 nitrogen and oxygen atoms in total. The first kappa shape index (κ1) is 37.8. The van der Waals surface area contributed by atoms with Crippen LogP contribution < -0.4 is 0 Å². The molecule has 0 aliphatic heterocycles. The average molecular weight is 589 g/mol. The highest BCUT2D eigenvalue weighted by Gasteiger charge is 2.41. The Kier molecular flexibility index (Phi) is 16.2. The van der Waals surface area contributed by atoms with Crippen molar-refractivity contribution in [1.29, 1.82) is 0 Å². The van der Waals surface area contributed by atoms with Crippen LogP contribution in [-0.4, -0.2) is 22.4 Å². The van der Waals surface area contributed by atoms with E-state index in [1.807, 2.05) is 0 Å². The molecule has 2 N–H and O–H groups in total. The van der Waals surface area contributed by atoms with Gasteiger partial charge in [-0.15, -0.1) is 0 Å². The van der Waals surface area contributed by atoms with Crippen molar-refractivity contribution in [3.8, 4) is 0 Å². The standard InChI is InChI=1S/C40H76O2/c1-29(17-13-19-31(3)21-23-37-33(5)25-35(41)27-39(37,7)8)15-11-12-16-30(2)18-14-20-32(4)22-24-38-34(6)26-36(42)28-40(38,9)10/h11-12,29-38,41-42H,13-28H2,1-10H3/b12-11+/t29-,30-,31+,32+,33-,34-,35+,36+,37+,38+/m0/s1. The van der Waals surface area contributed by atoms with E-state index in [9.17, 15) is 10.2 Å². The molecule has 0 radical (unpaired) electrons. The minimum Gasteiger partial charge on any atom is -0.393 e. The van der Waals surface area contributed by atoms with E-state index in [2.05, 4.69) is 81.4 Å². The van der Waals surface area contributed by atoms with Crippen molar-refractivity contribution in [2.75, 3.05) is 0 Å². The molecule has 0 saturated heterocycles. The van der Waals surface area contributed by atoms with Gasteiger partial charge in [-0.2, -0.15) is 0 Å². The van der Waals surface area contributed by atoms with Gasteiger partial charge in [-0.1, -0.05) is 133 Å². The van der Waals surface area contributed by atoms with Gasteiger partial charge in [0.2, 0.25) is 0 Å². The second kappa shape index (κ2) is 18.0. The predicted molar refractivity (Wildman–Crippen MR) is 185 cm³/mol. The molecule has 2 aliphatic rings. The lowest BCUT2D eigenvalue weighted by molar-refractivity contribution is -0.0178. The van der Waals surface area contributed by atoms with E-state index in [1.54, 1.807) is 0 Å². The first-order valence-corrected chi connectivity index (χ1v) is 18.6. The number of rotatable bonds is 18. The lowest BCUT2D eigenvalue weighted by Gasteiger charge is -2.45. The van der Waals surface area contributed by atoms with Crippen molar-refractivity contribution >= 4 is 0 Å². The summed E-state index contributed by atoms with van der Waals surface area (Å²) in [7, 11) is 0. The second-order valence-corrected chi connectivity index (χ2v) is 17.7. The largest absolute Gasteiger partial charge is 0.393 e. The quantitative estimate of drug-likeness (QED) is 0.156. The molecule has 0 aromatic heterocycles. The highest BCUT2D eigenvalue weighted by atomic mass is 16.3. The fourth-order valence-corrected chi connectivity index (χ4v) is 9.50. The van der Waals surface area contributed by atoms with Gasteiger partial charge in [0.05, 0.1) is 12.2 Å². The number of aliphatic hydroxyl groups is 2. The summed E-state index contributed by atoms with van der Waals surface area (Å²) in [5.74, 6) is 6.06. The number of hydrogen-bond acceptors (Lipinski definition) is 2. The molecule has 2 saturated carbocycles. The lowest BCUT2D eigenvalue weighted by atomic mass is 9.61. The highest BCUT2D eigenvalue weighted by Crippen LogP contribution is 2.48. The van der Waals surface area contributed by atoms with Crippen LogP contribution in [0.2, 0.25) is 0 Å². The van der Waals surface area contributed by atoms with E-state index in [1.165, 1.54) is 77.0 Å². The van der Waals surface area contributed by atoms with Gasteiger partial charge in [0.15, 0.2) is 0 Å². The third-order valence-electron chi connectivity index (χ3n) is 12.2. The van der Waals surface area contributed by atoms with E-state index >= 15 is 0 Å². The van der Waals surface area contributed by atoms with Crippen molar-refractivity contribution in [2.45, 2.75) is 184 Å². The van der Waals surface area contributed by atoms with Gasteiger partial charge in [0.25, 0.3) is 0 Å². The predicted octanol–water partition coefficient (Wildman–Crippen LogP) is 11.6. The van der Waals surface area contributed by atoms with Crippen LogP contribution in [0.25, 0.3) is 0 Å².